The molecule has 1 aromatic heterocycles. The minimum Gasteiger partial charge on any atom is -0.298 e. The van der Waals surface area contributed by atoms with Gasteiger partial charge in [0.1, 0.15) is 11.6 Å². The molecule has 100 valence electrons. The first-order valence-electron chi connectivity index (χ1n) is 5.69. The maximum absolute atomic E-state index is 13.4. The lowest BCUT2D eigenvalue weighted by Gasteiger charge is -2.03. The van der Waals surface area contributed by atoms with E-state index in [1.807, 2.05) is 13.8 Å². The van der Waals surface area contributed by atoms with Gasteiger partial charge >= 0.3 is 0 Å². The Morgan fingerprint density at radius 3 is 2.68 bits per heavy atom. The van der Waals surface area contributed by atoms with Crippen LogP contribution in [-0.2, 0) is 0 Å². The van der Waals surface area contributed by atoms with E-state index < -0.39 is 17.5 Å². The number of anilines is 1. The summed E-state index contributed by atoms with van der Waals surface area (Å²) >= 11 is 1.33. The molecule has 1 N–H and O–H groups in total. The summed E-state index contributed by atoms with van der Waals surface area (Å²) in [5.74, 6) is -1.93. The van der Waals surface area contributed by atoms with Crippen molar-refractivity contribution in [1.82, 2.24) is 4.98 Å². The van der Waals surface area contributed by atoms with Crippen LogP contribution in [0.5, 0.6) is 0 Å². The minimum absolute atomic E-state index is 0.206. The van der Waals surface area contributed by atoms with Crippen molar-refractivity contribution in [1.29, 1.82) is 0 Å². The molecule has 0 atom stereocenters. The minimum atomic E-state index is -0.891. The number of carbonyl (C=O) groups is 1. The van der Waals surface area contributed by atoms with Crippen LogP contribution < -0.4 is 5.32 Å². The molecule has 0 saturated heterocycles. The molecule has 0 aliphatic heterocycles. The Hall–Kier alpha value is -1.82. The zero-order chi connectivity index (χ0) is 14.0. The van der Waals surface area contributed by atoms with Crippen molar-refractivity contribution in [2.24, 2.45) is 0 Å². The highest BCUT2D eigenvalue weighted by Gasteiger charge is 2.14. The topological polar surface area (TPSA) is 42.0 Å². The van der Waals surface area contributed by atoms with Crippen LogP contribution >= 0.6 is 11.3 Å². The van der Waals surface area contributed by atoms with Crippen molar-refractivity contribution in [3.63, 3.8) is 0 Å². The van der Waals surface area contributed by atoms with Gasteiger partial charge in [0, 0.05) is 17.1 Å². The van der Waals surface area contributed by atoms with Gasteiger partial charge < -0.3 is 0 Å². The number of carbonyl (C=O) groups excluding carboxylic acids is 1. The lowest BCUT2D eigenvalue weighted by Crippen LogP contribution is -2.13. The second-order valence-corrected chi connectivity index (χ2v) is 5.36. The molecule has 2 rings (SSSR count). The number of aromatic nitrogens is 1. The molecule has 19 heavy (non-hydrogen) atoms. The Morgan fingerprint density at radius 2 is 2.11 bits per heavy atom. The smallest absolute Gasteiger partial charge is 0.260 e. The van der Waals surface area contributed by atoms with E-state index in [0.29, 0.717) is 17.1 Å². The number of hydrogen-bond acceptors (Lipinski definition) is 3. The largest absolute Gasteiger partial charge is 0.298 e. The average Bonchev–Trinajstić information content (AvgIpc) is 2.77. The maximum Gasteiger partial charge on any atom is 0.260 e. The third-order valence-electron chi connectivity index (χ3n) is 2.49. The molecule has 1 amide bonds. The highest BCUT2D eigenvalue weighted by Crippen LogP contribution is 2.25. The molecule has 0 spiro atoms. The van der Waals surface area contributed by atoms with Gasteiger partial charge in [-0.05, 0) is 18.1 Å². The Balaban J connectivity index is 2.16. The lowest BCUT2D eigenvalue weighted by molar-refractivity contribution is 0.102. The van der Waals surface area contributed by atoms with Crippen LogP contribution in [0.25, 0.3) is 0 Å². The van der Waals surface area contributed by atoms with E-state index in [0.717, 1.165) is 17.0 Å². The summed E-state index contributed by atoms with van der Waals surface area (Å²) in [6.45, 7) is 4.03. The van der Waals surface area contributed by atoms with E-state index in [1.54, 1.807) is 6.20 Å². The highest BCUT2D eigenvalue weighted by atomic mass is 32.1. The fourth-order valence-electron chi connectivity index (χ4n) is 1.45. The van der Waals surface area contributed by atoms with E-state index in [4.69, 9.17) is 0 Å². The zero-order valence-electron chi connectivity index (χ0n) is 10.4. The summed E-state index contributed by atoms with van der Waals surface area (Å²) in [5, 5.41) is 2.90. The van der Waals surface area contributed by atoms with Gasteiger partial charge in [0.05, 0.1) is 5.56 Å². The van der Waals surface area contributed by atoms with Crippen LogP contribution in [0.4, 0.5) is 13.9 Å². The van der Waals surface area contributed by atoms with Crippen molar-refractivity contribution in [3.8, 4) is 0 Å². The first kappa shape index (κ1) is 13.6. The van der Waals surface area contributed by atoms with Crippen molar-refractivity contribution in [2.45, 2.75) is 19.8 Å². The molecule has 2 aromatic rings. The molecule has 3 nitrogen and oxygen atoms in total. The molecule has 0 aliphatic rings. The average molecular weight is 282 g/mol. The third-order valence-corrected chi connectivity index (χ3v) is 3.70. The molecule has 0 saturated carbocycles. The maximum atomic E-state index is 13.4. The van der Waals surface area contributed by atoms with E-state index in [2.05, 4.69) is 10.3 Å². The van der Waals surface area contributed by atoms with Crippen molar-refractivity contribution >= 4 is 22.4 Å². The number of rotatable bonds is 3. The summed E-state index contributed by atoms with van der Waals surface area (Å²) in [7, 11) is 0. The number of benzene rings is 1. The first-order valence-corrected chi connectivity index (χ1v) is 6.51. The van der Waals surface area contributed by atoms with Crippen LogP contribution in [0.1, 0.15) is 35.0 Å². The summed E-state index contributed by atoms with van der Waals surface area (Å²) < 4.78 is 26.2. The van der Waals surface area contributed by atoms with Crippen LogP contribution in [-0.4, -0.2) is 10.9 Å². The predicted octanol–water partition coefficient (Wildman–Crippen LogP) is 3.80. The predicted molar refractivity (Wildman–Crippen MR) is 70.5 cm³/mol. The Bertz CT molecular complexity index is 610. The number of halogens is 2. The third kappa shape index (κ3) is 3.14. The standard InChI is InChI=1S/C13H12F2N2OS/c1-7(2)11-6-16-13(19-11)17-12(18)9-4-3-8(14)5-10(9)15/h3-7H,1-2H3,(H,16,17,18). The quantitative estimate of drug-likeness (QED) is 0.930. The number of amides is 1. The van der Waals surface area contributed by atoms with E-state index in [-0.39, 0.29) is 5.56 Å². The van der Waals surface area contributed by atoms with Gasteiger partial charge in [-0.1, -0.05) is 13.8 Å². The molecule has 0 fully saturated rings. The first-order chi connectivity index (χ1) is 8.97. The summed E-state index contributed by atoms with van der Waals surface area (Å²) in [6, 6.07) is 2.83. The Morgan fingerprint density at radius 1 is 1.37 bits per heavy atom. The lowest BCUT2D eigenvalue weighted by atomic mass is 10.2. The highest BCUT2D eigenvalue weighted by molar-refractivity contribution is 7.15. The van der Waals surface area contributed by atoms with E-state index in [9.17, 15) is 13.6 Å². The Labute approximate surface area is 113 Å². The van der Waals surface area contributed by atoms with E-state index in [1.165, 1.54) is 11.3 Å². The van der Waals surface area contributed by atoms with Gasteiger partial charge in [0.2, 0.25) is 0 Å². The number of nitrogens with one attached hydrogen (secondary N) is 1. The van der Waals surface area contributed by atoms with Gasteiger partial charge in [0.15, 0.2) is 5.13 Å². The summed E-state index contributed by atoms with van der Waals surface area (Å²) in [5.41, 5.74) is -0.206. The van der Waals surface area contributed by atoms with E-state index >= 15 is 0 Å². The molecule has 0 radical (unpaired) electrons. The van der Waals surface area contributed by atoms with Crippen molar-refractivity contribution < 1.29 is 13.6 Å². The Kier molecular flexibility index (Phi) is 3.90. The molecule has 0 bridgehead atoms. The number of hydrogen-bond donors (Lipinski definition) is 1. The molecule has 0 unspecified atom stereocenters. The van der Waals surface area contributed by atoms with Gasteiger partial charge in [0.25, 0.3) is 5.91 Å². The fraction of sp³-hybridized carbons (Fsp3) is 0.231. The normalized spacial score (nSPS) is 10.8. The van der Waals surface area contributed by atoms with Gasteiger partial charge in [-0.15, -0.1) is 11.3 Å². The SMILES string of the molecule is CC(C)c1cnc(NC(=O)c2ccc(F)cc2F)s1. The van der Waals surface area contributed by atoms with Gasteiger partial charge in [-0.3, -0.25) is 10.1 Å². The molecular weight excluding hydrogens is 270 g/mol. The van der Waals surface area contributed by atoms with Gasteiger partial charge in [-0.25, -0.2) is 13.8 Å². The molecule has 1 heterocycles. The van der Waals surface area contributed by atoms with Gasteiger partial charge in [-0.2, -0.15) is 0 Å². The zero-order valence-corrected chi connectivity index (χ0v) is 11.2. The molecular formula is C13H12F2N2OS. The molecule has 1 aromatic carbocycles. The second-order valence-electron chi connectivity index (χ2n) is 4.30. The number of nitrogens with zero attached hydrogens (tertiary/aromatic N) is 1. The van der Waals surface area contributed by atoms with Crippen LogP contribution in [0, 0.1) is 11.6 Å². The monoisotopic (exact) mass is 282 g/mol. The second kappa shape index (κ2) is 5.44. The fourth-order valence-corrected chi connectivity index (χ4v) is 2.26. The molecule has 0 aliphatic carbocycles. The van der Waals surface area contributed by atoms with Crippen LogP contribution in [0.3, 0.4) is 0 Å². The summed E-state index contributed by atoms with van der Waals surface area (Å²) in [4.78, 5) is 16.9. The van der Waals surface area contributed by atoms with Crippen molar-refractivity contribution in [3.05, 3.63) is 46.5 Å². The number of thiazole rings is 1. The van der Waals surface area contributed by atoms with Crippen molar-refractivity contribution in [2.75, 3.05) is 5.32 Å². The summed E-state index contributed by atoms with van der Waals surface area (Å²) in [6.07, 6.45) is 1.67. The van der Waals surface area contributed by atoms with Crippen LogP contribution in [0.2, 0.25) is 0 Å². The molecule has 6 heteroatoms. The van der Waals surface area contributed by atoms with Crippen LogP contribution in [0.15, 0.2) is 24.4 Å².